The van der Waals surface area contributed by atoms with E-state index in [9.17, 15) is 24.0 Å². The van der Waals surface area contributed by atoms with Crippen LogP contribution in [0.1, 0.15) is 50.1 Å². The molecule has 0 saturated carbocycles. The van der Waals surface area contributed by atoms with Crippen molar-refractivity contribution in [2.24, 2.45) is 0 Å². The molecule has 3 heterocycles. The van der Waals surface area contributed by atoms with Gasteiger partial charge in [0.1, 0.15) is 22.8 Å². The molecule has 0 aliphatic heterocycles. The van der Waals surface area contributed by atoms with Crippen LogP contribution in [0.2, 0.25) is 0 Å². The van der Waals surface area contributed by atoms with Gasteiger partial charge in [0.25, 0.3) is 28.2 Å². The molecule has 16 heteroatoms. The largest absolute Gasteiger partial charge is 0.394 e. The van der Waals surface area contributed by atoms with Crippen LogP contribution in [0.25, 0.3) is 17.0 Å². The van der Waals surface area contributed by atoms with E-state index >= 15 is 0 Å². The van der Waals surface area contributed by atoms with Crippen molar-refractivity contribution in [1.29, 1.82) is 0 Å². The molecule has 224 valence electrons. The summed E-state index contributed by atoms with van der Waals surface area (Å²) in [6.45, 7) is 0.0668. The Morgan fingerprint density at radius 2 is 1.89 bits per heavy atom. The second-order valence-corrected chi connectivity index (χ2v) is 10.5. The first kappa shape index (κ1) is 27.4. The molecule has 0 fully saturated rings. The lowest BCUT2D eigenvalue weighted by Gasteiger charge is -2.15. The van der Waals surface area contributed by atoms with Crippen LogP contribution >= 0.6 is 0 Å². The van der Waals surface area contributed by atoms with E-state index in [1.54, 1.807) is 24.3 Å². The predicted octanol–water partition coefficient (Wildman–Crippen LogP) is 0.472. The molecule has 0 radical (unpaired) electrons. The number of aryl methyl sites for hydroxylation is 1. The number of fused-ring (bicyclic) bond motifs is 2. The summed E-state index contributed by atoms with van der Waals surface area (Å²) in [4.78, 5) is 66.3. The van der Waals surface area contributed by atoms with Crippen LogP contribution in [-0.4, -0.2) is 47.0 Å². The third kappa shape index (κ3) is 4.99. The molecule has 3 aromatic carbocycles. The summed E-state index contributed by atoms with van der Waals surface area (Å²) in [7, 11) is 0. The fourth-order valence-corrected chi connectivity index (χ4v) is 5.41. The van der Waals surface area contributed by atoms with Gasteiger partial charge >= 0.3 is 0 Å². The molecule has 6 aromatic rings. The number of benzene rings is 2. The van der Waals surface area contributed by atoms with Crippen LogP contribution in [-0.2, 0) is 13.0 Å². The maximum Gasteiger partial charge on any atom is 0.270 e. The summed E-state index contributed by atoms with van der Waals surface area (Å²) < 4.78 is 1.21. The van der Waals surface area contributed by atoms with E-state index in [0.717, 1.165) is 23.1 Å². The lowest BCUT2D eigenvalue weighted by Crippen LogP contribution is -2.36. The third-order valence-electron chi connectivity index (χ3n) is 7.65. The zero-order valence-corrected chi connectivity index (χ0v) is 23.2. The lowest BCUT2D eigenvalue weighted by atomic mass is 10.0. The quantitative estimate of drug-likeness (QED) is 0.130. The number of nitrogens with one attached hydrogen (secondary N) is 5. The monoisotopic (exact) mass is 605 g/mol. The summed E-state index contributed by atoms with van der Waals surface area (Å²) >= 11 is 0. The molecule has 0 bridgehead atoms. The van der Waals surface area contributed by atoms with Crippen LogP contribution in [0.3, 0.4) is 0 Å². The van der Waals surface area contributed by atoms with Crippen molar-refractivity contribution in [2.75, 3.05) is 11.1 Å². The Hall–Kier alpha value is -6.45. The molecule has 7 rings (SSSR count). The van der Waals surface area contributed by atoms with Crippen LogP contribution in [0, 0.1) is 0 Å². The van der Waals surface area contributed by atoms with Crippen LogP contribution in [0.15, 0.2) is 69.0 Å². The van der Waals surface area contributed by atoms with Crippen molar-refractivity contribution >= 4 is 34.5 Å². The maximum atomic E-state index is 13.4. The van der Waals surface area contributed by atoms with E-state index in [-0.39, 0.29) is 41.0 Å². The lowest BCUT2D eigenvalue weighted by molar-refractivity contribution is 0.0931. The van der Waals surface area contributed by atoms with Crippen LogP contribution < -0.4 is 38.1 Å². The standard InChI is InChI=1S/C29H23N11O5/c30-23-24(26(43)25(23)42)32-16-3-1-2-13(8-16)12-31-29(45)20-10-19(33-21-11-22(41)37-40(20)21)28(44)34-18-7-5-14-9-15(4-6-17(14)18)27-35-38-39-36-27/h1-4,6,8-11,18,32H,5,7,12,30H2,(H,31,45)(H,34,44)(H,37,41)(H,35,36,38,39)/t18-/m0/s1. The molecule has 1 aliphatic rings. The molecule has 7 N–H and O–H groups in total. The van der Waals surface area contributed by atoms with Gasteiger partial charge in [-0.25, -0.2) is 9.50 Å². The number of rotatable bonds is 8. The van der Waals surface area contributed by atoms with Crippen LogP contribution in [0.5, 0.6) is 0 Å². The summed E-state index contributed by atoms with van der Waals surface area (Å²) in [6.07, 6.45) is 1.40. The molecule has 2 amide bonds. The highest BCUT2D eigenvalue weighted by atomic mass is 16.2. The van der Waals surface area contributed by atoms with E-state index < -0.39 is 28.2 Å². The van der Waals surface area contributed by atoms with Gasteiger partial charge in [-0.2, -0.15) is 5.21 Å². The van der Waals surface area contributed by atoms with Crippen LogP contribution in [0.4, 0.5) is 17.1 Å². The Balaban J connectivity index is 1.08. The van der Waals surface area contributed by atoms with E-state index in [1.807, 2.05) is 18.2 Å². The first-order chi connectivity index (χ1) is 21.7. The smallest absolute Gasteiger partial charge is 0.270 e. The first-order valence-electron chi connectivity index (χ1n) is 13.8. The third-order valence-corrected chi connectivity index (χ3v) is 7.65. The van der Waals surface area contributed by atoms with E-state index in [2.05, 4.69) is 46.7 Å². The Bertz CT molecular complexity index is 2260. The minimum atomic E-state index is -0.732. The van der Waals surface area contributed by atoms with Crippen molar-refractivity contribution in [1.82, 2.24) is 45.9 Å². The molecule has 1 aliphatic carbocycles. The van der Waals surface area contributed by atoms with Gasteiger partial charge in [-0.1, -0.05) is 24.3 Å². The summed E-state index contributed by atoms with van der Waals surface area (Å²) in [5, 5.41) is 25.2. The van der Waals surface area contributed by atoms with Crippen molar-refractivity contribution in [2.45, 2.75) is 25.4 Å². The summed E-state index contributed by atoms with van der Waals surface area (Å²) in [6, 6.07) is 14.8. The zero-order valence-electron chi connectivity index (χ0n) is 23.2. The number of aromatic amines is 2. The number of aromatic nitrogens is 7. The average molecular weight is 606 g/mol. The first-order valence-corrected chi connectivity index (χ1v) is 13.8. The molecule has 3 aromatic heterocycles. The molecule has 1 atom stereocenters. The number of nitrogens with two attached hydrogens (primary N) is 1. The molecular weight excluding hydrogens is 582 g/mol. The number of carbonyl (C=O) groups excluding carboxylic acids is 2. The predicted molar refractivity (Wildman–Crippen MR) is 161 cm³/mol. The fourth-order valence-electron chi connectivity index (χ4n) is 5.41. The summed E-state index contributed by atoms with van der Waals surface area (Å²) in [5.74, 6) is -0.601. The highest BCUT2D eigenvalue weighted by molar-refractivity contribution is 5.98. The number of hydrogen-bond acceptors (Lipinski definition) is 11. The Morgan fingerprint density at radius 1 is 1.02 bits per heavy atom. The molecule has 16 nitrogen and oxygen atoms in total. The highest BCUT2D eigenvalue weighted by Crippen LogP contribution is 2.33. The molecule has 45 heavy (non-hydrogen) atoms. The van der Waals surface area contributed by atoms with Crippen molar-refractivity contribution in [3.8, 4) is 11.4 Å². The zero-order chi connectivity index (χ0) is 31.2. The Morgan fingerprint density at radius 3 is 2.69 bits per heavy atom. The second-order valence-electron chi connectivity index (χ2n) is 10.5. The fraction of sp³-hybridized carbons (Fsp3) is 0.138. The number of hydrogen-bond donors (Lipinski definition) is 6. The SMILES string of the molecule is Nc1c(Nc2cccc(CNC(=O)c3cc(C(=O)N[C@H]4CCc5cc(-c6nn[nH]n6)ccc54)nc4cc(=O)[nH]n34)c2)c(=O)c1=O. The number of tetrazole rings is 1. The van der Waals surface area contributed by atoms with Gasteiger partial charge in [-0.3, -0.25) is 29.1 Å². The second kappa shape index (κ2) is 10.7. The Kier molecular flexibility index (Phi) is 6.50. The Labute approximate surface area is 251 Å². The molecule has 0 saturated heterocycles. The molecule has 0 unspecified atom stereocenters. The maximum absolute atomic E-state index is 13.4. The normalized spacial score (nSPS) is 14.0. The van der Waals surface area contributed by atoms with E-state index in [0.29, 0.717) is 23.5 Å². The summed E-state index contributed by atoms with van der Waals surface area (Å²) in [5.41, 5.74) is 7.61. The topological polar surface area (TPSA) is 235 Å². The van der Waals surface area contributed by atoms with Crippen molar-refractivity contribution in [3.05, 3.63) is 113 Å². The minimum Gasteiger partial charge on any atom is -0.394 e. The highest BCUT2D eigenvalue weighted by Gasteiger charge is 2.27. The number of nitrogens with zero attached hydrogens (tertiary/aromatic N) is 5. The molecule has 0 spiro atoms. The van der Waals surface area contributed by atoms with Crippen molar-refractivity contribution in [3.63, 3.8) is 0 Å². The van der Waals surface area contributed by atoms with Gasteiger partial charge in [0, 0.05) is 29.9 Å². The van der Waals surface area contributed by atoms with Gasteiger partial charge in [0.05, 0.1) is 6.04 Å². The van der Waals surface area contributed by atoms with Gasteiger partial charge in [-0.15, -0.1) is 10.2 Å². The van der Waals surface area contributed by atoms with Crippen molar-refractivity contribution < 1.29 is 9.59 Å². The average Bonchev–Trinajstić information content (AvgIpc) is 3.81. The number of H-pyrrole nitrogens is 2. The van der Waals surface area contributed by atoms with Gasteiger partial charge in [0.15, 0.2) is 5.65 Å². The van der Waals surface area contributed by atoms with E-state index in [4.69, 9.17) is 5.73 Å². The van der Waals surface area contributed by atoms with Gasteiger partial charge in [-0.05, 0) is 52.9 Å². The minimum absolute atomic E-state index is 0.00499. The number of carbonyl (C=O) groups is 2. The number of amides is 2. The van der Waals surface area contributed by atoms with Gasteiger partial charge in [0.2, 0.25) is 5.82 Å². The van der Waals surface area contributed by atoms with Gasteiger partial charge < -0.3 is 21.7 Å². The number of anilines is 3. The number of nitrogen functional groups attached to an aromatic ring is 1. The van der Waals surface area contributed by atoms with E-state index in [1.165, 1.54) is 16.6 Å². The molecular formula is C29H23N11O5.